The Morgan fingerprint density at radius 3 is 2.33 bits per heavy atom. The first-order chi connectivity index (χ1) is 9.74. The molecule has 0 aliphatic carbocycles. The third-order valence-corrected chi connectivity index (χ3v) is 4.15. The third-order valence-electron chi connectivity index (χ3n) is 2.85. The van der Waals surface area contributed by atoms with Crippen LogP contribution >= 0.6 is 0 Å². The van der Waals surface area contributed by atoms with Crippen LogP contribution in [0.3, 0.4) is 0 Å². The van der Waals surface area contributed by atoms with Gasteiger partial charge in [0.05, 0.1) is 5.56 Å². The Hall–Kier alpha value is -1.31. The molecule has 0 bridgehead atoms. The van der Waals surface area contributed by atoms with Crippen LogP contribution in [-0.4, -0.2) is 33.8 Å². The van der Waals surface area contributed by atoms with Crippen molar-refractivity contribution in [3.8, 4) is 0 Å². The van der Waals surface area contributed by atoms with Crippen molar-refractivity contribution in [2.45, 2.75) is 31.7 Å². The van der Waals surface area contributed by atoms with Crippen molar-refractivity contribution >= 4 is 22.4 Å². The van der Waals surface area contributed by atoms with Crippen molar-refractivity contribution in [1.82, 2.24) is 4.98 Å². The number of rotatable bonds is 7. The first-order valence-electron chi connectivity index (χ1n) is 6.63. The molecule has 0 aliphatic heterocycles. The average molecular weight is 323 g/mol. The lowest BCUT2D eigenvalue weighted by Crippen LogP contribution is -2.21. The van der Waals surface area contributed by atoms with Crippen molar-refractivity contribution in [2.24, 2.45) is 0 Å². The summed E-state index contributed by atoms with van der Waals surface area (Å²) in [5, 5.41) is 5.48. The molecule has 2 atom stereocenters. The lowest BCUT2D eigenvalue weighted by atomic mass is 10.2. The number of hydrogen-bond donors (Lipinski definition) is 2. The molecule has 0 saturated heterocycles. The van der Waals surface area contributed by atoms with E-state index in [-0.39, 0.29) is 16.9 Å². The normalized spacial score (nSPS) is 14.6. The molecular formula is C13H20F3N3OS. The van der Waals surface area contributed by atoms with Crippen molar-refractivity contribution in [3.63, 3.8) is 0 Å². The minimum atomic E-state index is -4.43. The molecule has 4 nitrogen and oxygen atoms in total. The number of anilines is 2. The van der Waals surface area contributed by atoms with Crippen LogP contribution in [0.4, 0.5) is 24.8 Å². The van der Waals surface area contributed by atoms with Crippen LogP contribution in [-0.2, 0) is 17.0 Å². The van der Waals surface area contributed by atoms with Crippen LogP contribution in [0.2, 0.25) is 0 Å². The fourth-order valence-corrected chi connectivity index (χ4v) is 1.81. The molecule has 1 rings (SSSR count). The highest BCUT2D eigenvalue weighted by Gasteiger charge is 2.31. The highest BCUT2D eigenvalue weighted by Crippen LogP contribution is 2.32. The maximum atomic E-state index is 12.9. The van der Waals surface area contributed by atoms with Crippen molar-refractivity contribution in [3.05, 3.63) is 17.7 Å². The smallest absolute Gasteiger partial charge is 0.370 e. The van der Waals surface area contributed by atoms with Crippen LogP contribution in [0, 0.1) is 0 Å². The van der Waals surface area contributed by atoms with Crippen LogP contribution in [0.5, 0.6) is 0 Å². The quantitative estimate of drug-likeness (QED) is 0.809. The van der Waals surface area contributed by atoms with Gasteiger partial charge in [-0.25, -0.2) is 4.98 Å². The SMILES string of the molecule is CCCNc1cc(C(F)(F)F)cc(NCC(C)S(C)=O)n1. The van der Waals surface area contributed by atoms with E-state index in [1.165, 1.54) is 0 Å². The van der Waals surface area contributed by atoms with Gasteiger partial charge in [0.25, 0.3) is 0 Å². The lowest BCUT2D eigenvalue weighted by molar-refractivity contribution is -0.137. The van der Waals surface area contributed by atoms with Crippen LogP contribution < -0.4 is 10.6 Å². The second-order valence-electron chi connectivity index (χ2n) is 4.74. The third kappa shape index (κ3) is 5.91. The molecule has 0 aromatic carbocycles. The zero-order chi connectivity index (χ0) is 16.0. The summed E-state index contributed by atoms with van der Waals surface area (Å²) in [6.45, 7) is 4.51. The van der Waals surface area contributed by atoms with Gasteiger partial charge in [-0.1, -0.05) is 6.92 Å². The van der Waals surface area contributed by atoms with Gasteiger partial charge in [-0.3, -0.25) is 4.21 Å². The van der Waals surface area contributed by atoms with Gasteiger partial charge in [-0.05, 0) is 25.5 Å². The van der Waals surface area contributed by atoms with Gasteiger partial charge < -0.3 is 10.6 Å². The van der Waals surface area contributed by atoms with Gasteiger partial charge in [-0.15, -0.1) is 0 Å². The molecule has 2 N–H and O–H groups in total. The van der Waals surface area contributed by atoms with Crippen molar-refractivity contribution in [2.75, 3.05) is 30.0 Å². The molecular weight excluding hydrogens is 303 g/mol. The summed E-state index contributed by atoms with van der Waals surface area (Å²) in [7, 11) is -1.04. The molecule has 0 radical (unpaired) electrons. The fraction of sp³-hybridized carbons (Fsp3) is 0.615. The minimum Gasteiger partial charge on any atom is -0.370 e. The predicted octanol–water partition coefficient (Wildman–Crippen LogP) is 3.10. The second-order valence-corrected chi connectivity index (χ2v) is 6.54. The van der Waals surface area contributed by atoms with E-state index in [1.54, 1.807) is 13.2 Å². The van der Waals surface area contributed by atoms with E-state index in [4.69, 9.17) is 0 Å². The number of pyridine rings is 1. The largest absolute Gasteiger partial charge is 0.416 e. The molecule has 1 heterocycles. The number of nitrogens with one attached hydrogen (secondary N) is 2. The molecule has 0 fully saturated rings. The summed E-state index contributed by atoms with van der Waals surface area (Å²) in [4.78, 5) is 4.09. The Morgan fingerprint density at radius 1 is 1.29 bits per heavy atom. The van der Waals surface area contributed by atoms with Gasteiger partial charge in [0.1, 0.15) is 11.6 Å². The van der Waals surface area contributed by atoms with E-state index in [2.05, 4.69) is 15.6 Å². The molecule has 21 heavy (non-hydrogen) atoms. The predicted molar refractivity (Wildman–Crippen MR) is 80.0 cm³/mol. The Bertz CT molecular complexity index is 494. The van der Waals surface area contributed by atoms with E-state index in [0.29, 0.717) is 13.1 Å². The molecule has 0 spiro atoms. The molecule has 1 aromatic heterocycles. The van der Waals surface area contributed by atoms with E-state index >= 15 is 0 Å². The average Bonchev–Trinajstić information content (AvgIpc) is 2.41. The molecule has 0 aliphatic rings. The number of alkyl halides is 3. The second kappa shape index (κ2) is 7.63. The van der Waals surface area contributed by atoms with Crippen LogP contribution in [0.1, 0.15) is 25.8 Å². The van der Waals surface area contributed by atoms with Crippen molar-refractivity contribution in [1.29, 1.82) is 0 Å². The van der Waals surface area contributed by atoms with Crippen LogP contribution in [0.25, 0.3) is 0 Å². The van der Waals surface area contributed by atoms with Gasteiger partial charge in [0.15, 0.2) is 0 Å². The Kier molecular flexibility index (Phi) is 6.44. The number of nitrogens with zero attached hydrogens (tertiary/aromatic N) is 1. The Morgan fingerprint density at radius 2 is 1.86 bits per heavy atom. The highest BCUT2D eigenvalue weighted by molar-refractivity contribution is 7.84. The van der Waals surface area contributed by atoms with E-state index < -0.39 is 22.5 Å². The Labute approximate surface area is 125 Å². The molecule has 8 heteroatoms. The number of halogens is 3. The topological polar surface area (TPSA) is 54.0 Å². The monoisotopic (exact) mass is 323 g/mol. The van der Waals surface area contributed by atoms with Gasteiger partial charge in [0, 0.05) is 35.4 Å². The molecule has 2 unspecified atom stereocenters. The van der Waals surface area contributed by atoms with Gasteiger partial charge >= 0.3 is 6.18 Å². The minimum absolute atomic E-state index is 0.126. The van der Waals surface area contributed by atoms with Crippen molar-refractivity contribution < 1.29 is 17.4 Å². The van der Waals surface area contributed by atoms with Gasteiger partial charge in [0.2, 0.25) is 0 Å². The zero-order valence-corrected chi connectivity index (χ0v) is 13.1. The lowest BCUT2D eigenvalue weighted by Gasteiger charge is -2.15. The maximum Gasteiger partial charge on any atom is 0.416 e. The molecule has 1 aromatic rings. The summed E-state index contributed by atoms with van der Waals surface area (Å²) in [6.07, 6.45) is -2.09. The first-order valence-corrected chi connectivity index (χ1v) is 8.25. The first kappa shape index (κ1) is 17.7. The summed E-state index contributed by atoms with van der Waals surface area (Å²) in [5.74, 6) is 0.306. The number of aromatic nitrogens is 1. The molecule has 0 saturated carbocycles. The summed E-state index contributed by atoms with van der Waals surface area (Å²) in [6, 6.07) is 1.95. The highest BCUT2D eigenvalue weighted by atomic mass is 32.2. The standard InChI is InChI=1S/C13H20F3N3OS/c1-4-5-17-11-6-10(13(14,15)16)7-12(19-11)18-8-9(2)21(3)20/h6-7,9H,4-5,8H2,1-3H3,(H2,17,18,19). The van der Waals surface area contributed by atoms with Crippen LogP contribution in [0.15, 0.2) is 12.1 Å². The van der Waals surface area contributed by atoms with Gasteiger partial charge in [-0.2, -0.15) is 13.2 Å². The molecule has 120 valence electrons. The summed E-state index contributed by atoms with van der Waals surface area (Å²) in [5.41, 5.74) is -0.760. The fourth-order valence-electron chi connectivity index (χ4n) is 1.49. The van der Waals surface area contributed by atoms with E-state index in [1.807, 2.05) is 6.92 Å². The van der Waals surface area contributed by atoms with E-state index in [9.17, 15) is 17.4 Å². The number of hydrogen-bond acceptors (Lipinski definition) is 4. The summed E-state index contributed by atoms with van der Waals surface area (Å²) >= 11 is 0. The maximum absolute atomic E-state index is 12.9. The Balaban J connectivity index is 2.93. The summed E-state index contributed by atoms with van der Waals surface area (Å²) < 4.78 is 49.9. The molecule has 0 amide bonds. The van der Waals surface area contributed by atoms with E-state index in [0.717, 1.165) is 18.6 Å². The zero-order valence-electron chi connectivity index (χ0n) is 12.3.